The van der Waals surface area contributed by atoms with Gasteiger partial charge < -0.3 is 15.1 Å². The summed E-state index contributed by atoms with van der Waals surface area (Å²) in [4.78, 5) is 28.3. The number of anilines is 2. The Labute approximate surface area is 164 Å². The van der Waals surface area contributed by atoms with E-state index in [0.717, 1.165) is 5.69 Å². The molecule has 2 amide bonds. The van der Waals surface area contributed by atoms with Crippen LogP contribution in [0.15, 0.2) is 53.4 Å². The van der Waals surface area contributed by atoms with E-state index < -0.39 is 21.8 Å². The molecule has 2 aromatic rings. The molecule has 0 unspecified atom stereocenters. The average Bonchev–Trinajstić information content (AvgIpc) is 2.67. The molecule has 0 saturated carbocycles. The molecule has 3 N–H and O–H groups in total. The molecule has 1 aliphatic rings. The normalized spacial score (nSPS) is 14.6. The van der Waals surface area contributed by atoms with Crippen LogP contribution in [0.2, 0.25) is 0 Å². The number of sulfonamides is 1. The third kappa shape index (κ3) is 4.68. The van der Waals surface area contributed by atoms with E-state index in [4.69, 9.17) is 5.14 Å². The SMILES string of the molecule is Cc1cccc(N2CCN(C(=O)C(=O)Nc3ccc(S(N)(=O)=O)cc3)CC2)c1. The van der Waals surface area contributed by atoms with Crippen molar-refractivity contribution >= 4 is 33.2 Å². The van der Waals surface area contributed by atoms with Gasteiger partial charge in [0, 0.05) is 37.6 Å². The van der Waals surface area contributed by atoms with Gasteiger partial charge in [-0.25, -0.2) is 13.6 Å². The predicted octanol–water partition coefficient (Wildman–Crippen LogP) is 0.930. The Morgan fingerprint density at radius 1 is 1.00 bits per heavy atom. The number of nitrogens with zero attached hydrogens (tertiary/aromatic N) is 2. The fraction of sp³-hybridized carbons (Fsp3) is 0.263. The van der Waals surface area contributed by atoms with Crippen molar-refractivity contribution in [1.82, 2.24) is 4.90 Å². The van der Waals surface area contributed by atoms with Crippen LogP contribution >= 0.6 is 0 Å². The lowest BCUT2D eigenvalue weighted by molar-refractivity contribution is -0.143. The van der Waals surface area contributed by atoms with E-state index >= 15 is 0 Å². The van der Waals surface area contributed by atoms with Gasteiger partial charge in [0.2, 0.25) is 10.0 Å². The molecule has 0 aliphatic carbocycles. The number of hydrogen-bond acceptors (Lipinski definition) is 5. The highest BCUT2D eigenvalue weighted by Crippen LogP contribution is 2.18. The molecule has 0 spiro atoms. The Morgan fingerprint density at radius 2 is 1.64 bits per heavy atom. The van der Waals surface area contributed by atoms with Crippen LogP contribution in [0.4, 0.5) is 11.4 Å². The Morgan fingerprint density at radius 3 is 2.21 bits per heavy atom. The molecule has 0 bridgehead atoms. The lowest BCUT2D eigenvalue weighted by Gasteiger charge is -2.35. The highest BCUT2D eigenvalue weighted by molar-refractivity contribution is 7.89. The Kier molecular flexibility index (Phi) is 5.66. The Balaban J connectivity index is 1.56. The largest absolute Gasteiger partial charge is 0.368 e. The molecule has 8 nitrogen and oxygen atoms in total. The maximum absolute atomic E-state index is 12.4. The Bertz CT molecular complexity index is 981. The molecule has 3 rings (SSSR count). The summed E-state index contributed by atoms with van der Waals surface area (Å²) >= 11 is 0. The van der Waals surface area contributed by atoms with Crippen LogP contribution in [0.5, 0.6) is 0 Å². The van der Waals surface area contributed by atoms with Gasteiger partial charge in [0.15, 0.2) is 0 Å². The molecular formula is C19H22N4O4S. The van der Waals surface area contributed by atoms with Gasteiger partial charge in [-0.05, 0) is 48.9 Å². The number of nitrogens with one attached hydrogen (secondary N) is 1. The lowest BCUT2D eigenvalue weighted by atomic mass is 10.2. The van der Waals surface area contributed by atoms with E-state index in [0.29, 0.717) is 31.9 Å². The fourth-order valence-corrected chi connectivity index (χ4v) is 3.56. The monoisotopic (exact) mass is 402 g/mol. The minimum absolute atomic E-state index is 0.0657. The number of amides is 2. The summed E-state index contributed by atoms with van der Waals surface area (Å²) in [5.74, 6) is -1.37. The summed E-state index contributed by atoms with van der Waals surface area (Å²) in [6.07, 6.45) is 0. The topological polar surface area (TPSA) is 113 Å². The van der Waals surface area contributed by atoms with Crippen LogP contribution in [-0.4, -0.2) is 51.3 Å². The molecule has 0 aromatic heterocycles. The van der Waals surface area contributed by atoms with Gasteiger partial charge >= 0.3 is 11.8 Å². The van der Waals surface area contributed by atoms with Crippen molar-refractivity contribution in [3.05, 3.63) is 54.1 Å². The third-order valence-corrected chi connectivity index (χ3v) is 5.50. The van der Waals surface area contributed by atoms with E-state index in [1.54, 1.807) is 0 Å². The minimum atomic E-state index is -3.80. The highest BCUT2D eigenvalue weighted by atomic mass is 32.2. The number of hydrogen-bond donors (Lipinski definition) is 2. The number of nitrogens with two attached hydrogens (primary N) is 1. The zero-order chi connectivity index (χ0) is 20.3. The maximum atomic E-state index is 12.4. The smallest absolute Gasteiger partial charge is 0.313 e. The summed E-state index contributed by atoms with van der Waals surface area (Å²) in [6.45, 7) is 4.22. The average molecular weight is 402 g/mol. The molecule has 1 aliphatic heterocycles. The molecule has 1 saturated heterocycles. The van der Waals surface area contributed by atoms with Crippen LogP contribution in [0.25, 0.3) is 0 Å². The van der Waals surface area contributed by atoms with Crippen LogP contribution in [-0.2, 0) is 19.6 Å². The number of benzene rings is 2. The van der Waals surface area contributed by atoms with E-state index in [2.05, 4.69) is 16.3 Å². The number of carbonyl (C=O) groups excluding carboxylic acids is 2. The molecular weight excluding hydrogens is 380 g/mol. The predicted molar refractivity (Wildman–Crippen MR) is 106 cm³/mol. The second-order valence-corrected chi connectivity index (χ2v) is 8.20. The first-order chi connectivity index (χ1) is 13.2. The zero-order valence-corrected chi connectivity index (χ0v) is 16.3. The minimum Gasteiger partial charge on any atom is -0.368 e. The molecule has 9 heteroatoms. The standard InChI is InChI=1S/C19H22N4O4S/c1-14-3-2-4-16(13-14)22-9-11-23(12-10-22)19(25)18(24)21-15-5-7-17(8-6-15)28(20,26)27/h2-8,13H,9-12H2,1H3,(H,21,24)(H2,20,26,27). The van der Waals surface area contributed by atoms with Gasteiger partial charge in [0.05, 0.1) is 4.90 Å². The van der Waals surface area contributed by atoms with Crippen molar-refractivity contribution in [2.24, 2.45) is 5.14 Å². The van der Waals surface area contributed by atoms with Crippen molar-refractivity contribution in [2.45, 2.75) is 11.8 Å². The first-order valence-corrected chi connectivity index (χ1v) is 10.3. The van der Waals surface area contributed by atoms with Gasteiger partial charge in [-0.2, -0.15) is 0 Å². The van der Waals surface area contributed by atoms with Crippen molar-refractivity contribution < 1.29 is 18.0 Å². The van der Waals surface area contributed by atoms with E-state index in [1.165, 1.54) is 34.7 Å². The van der Waals surface area contributed by atoms with Crippen LogP contribution in [0, 0.1) is 6.92 Å². The highest BCUT2D eigenvalue weighted by Gasteiger charge is 2.26. The van der Waals surface area contributed by atoms with Crippen LogP contribution in [0.3, 0.4) is 0 Å². The van der Waals surface area contributed by atoms with Gasteiger partial charge in [-0.1, -0.05) is 12.1 Å². The zero-order valence-electron chi connectivity index (χ0n) is 15.5. The molecule has 2 aromatic carbocycles. The van der Waals surface area contributed by atoms with Crippen molar-refractivity contribution in [3.63, 3.8) is 0 Å². The summed E-state index contributed by atoms with van der Waals surface area (Å²) in [5, 5.41) is 7.52. The van der Waals surface area contributed by atoms with E-state index in [-0.39, 0.29) is 4.90 Å². The second-order valence-electron chi connectivity index (χ2n) is 6.64. The van der Waals surface area contributed by atoms with E-state index in [1.807, 2.05) is 25.1 Å². The quantitative estimate of drug-likeness (QED) is 0.742. The Hall–Kier alpha value is -2.91. The van der Waals surface area contributed by atoms with Crippen LogP contribution < -0.4 is 15.4 Å². The molecule has 0 radical (unpaired) electrons. The van der Waals surface area contributed by atoms with Gasteiger partial charge in [-0.15, -0.1) is 0 Å². The second kappa shape index (κ2) is 7.99. The molecule has 148 valence electrons. The third-order valence-electron chi connectivity index (χ3n) is 4.57. The number of carbonyl (C=O) groups is 2. The molecule has 1 fully saturated rings. The number of piperazine rings is 1. The van der Waals surface area contributed by atoms with Crippen molar-refractivity contribution in [3.8, 4) is 0 Å². The van der Waals surface area contributed by atoms with Crippen LogP contribution in [0.1, 0.15) is 5.56 Å². The summed E-state index contributed by atoms with van der Waals surface area (Å²) in [6, 6.07) is 13.5. The number of primary sulfonamides is 1. The molecule has 1 heterocycles. The summed E-state index contributed by atoms with van der Waals surface area (Å²) in [5.41, 5.74) is 2.60. The molecule has 28 heavy (non-hydrogen) atoms. The molecule has 0 atom stereocenters. The first kappa shape index (κ1) is 19.8. The number of rotatable bonds is 3. The van der Waals surface area contributed by atoms with Gasteiger partial charge in [0.1, 0.15) is 0 Å². The first-order valence-electron chi connectivity index (χ1n) is 8.79. The van der Waals surface area contributed by atoms with Crippen molar-refractivity contribution in [1.29, 1.82) is 0 Å². The van der Waals surface area contributed by atoms with Gasteiger partial charge in [0.25, 0.3) is 0 Å². The lowest BCUT2D eigenvalue weighted by Crippen LogP contribution is -2.51. The number of aryl methyl sites for hydroxylation is 1. The maximum Gasteiger partial charge on any atom is 0.313 e. The van der Waals surface area contributed by atoms with E-state index in [9.17, 15) is 18.0 Å². The van der Waals surface area contributed by atoms with Gasteiger partial charge in [-0.3, -0.25) is 9.59 Å². The summed E-state index contributed by atoms with van der Waals surface area (Å²) < 4.78 is 22.5. The summed E-state index contributed by atoms with van der Waals surface area (Å²) in [7, 11) is -3.80. The van der Waals surface area contributed by atoms with Crippen molar-refractivity contribution in [2.75, 3.05) is 36.4 Å². The fourth-order valence-electron chi connectivity index (χ4n) is 3.05.